The SMILES string of the molecule is COc1ccc(NC(=O)COc2ccc(/C=N\NC(N)=S)cc2)cc1. The van der Waals surface area contributed by atoms with E-state index in [1.807, 2.05) is 0 Å². The lowest BCUT2D eigenvalue weighted by Crippen LogP contribution is -2.23. The molecule has 0 bridgehead atoms. The molecule has 2 aromatic rings. The number of nitrogens with two attached hydrogens (primary N) is 1. The number of hydrazone groups is 1. The molecule has 7 nitrogen and oxygen atoms in total. The highest BCUT2D eigenvalue weighted by atomic mass is 32.1. The van der Waals surface area contributed by atoms with Crippen molar-refractivity contribution in [2.45, 2.75) is 0 Å². The summed E-state index contributed by atoms with van der Waals surface area (Å²) in [5.41, 5.74) is 9.23. The van der Waals surface area contributed by atoms with Crippen molar-refractivity contribution in [3.63, 3.8) is 0 Å². The summed E-state index contributed by atoms with van der Waals surface area (Å²) in [7, 11) is 1.59. The summed E-state index contributed by atoms with van der Waals surface area (Å²) in [4.78, 5) is 11.9. The first-order valence-corrected chi connectivity index (χ1v) is 7.73. The minimum Gasteiger partial charge on any atom is -0.497 e. The fraction of sp³-hybridized carbons (Fsp3) is 0.118. The maximum Gasteiger partial charge on any atom is 0.262 e. The summed E-state index contributed by atoms with van der Waals surface area (Å²) in [5, 5.41) is 6.69. The van der Waals surface area contributed by atoms with Crippen LogP contribution >= 0.6 is 12.2 Å². The van der Waals surface area contributed by atoms with E-state index in [9.17, 15) is 4.79 Å². The van der Waals surface area contributed by atoms with Crippen molar-refractivity contribution in [2.75, 3.05) is 19.0 Å². The van der Waals surface area contributed by atoms with Crippen LogP contribution in [0.5, 0.6) is 11.5 Å². The lowest BCUT2D eigenvalue weighted by atomic mass is 10.2. The van der Waals surface area contributed by atoms with Crippen LogP contribution in [-0.2, 0) is 4.79 Å². The van der Waals surface area contributed by atoms with Crippen LogP contribution < -0.4 is 25.9 Å². The minimum absolute atomic E-state index is 0.0948. The molecule has 0 atom stereocenters. The molecule has 8 heteroatoms. The molecule has 2 aromatic carbocycles. The van der Waals surface area contributed by atoms with Crippen LogP contribution in [0.2, 0.25) is 0 Å². The summed E-state index contributed by atoms with van der Waals surface area (Å²) in [6.45, 7) is -0.0948. The van der Waals surface area contributed by atoms with Crippen molar-refractivity contribution in [1.82, 2.24) is 5.43 Å². The molecule has 0 aromatic heterocycles. The number of anilines is 1. The van der Waals surface area contributed by atoms with E-state index in [-0.39, 0.29) is 17.6 Å². The van der Waals surface area contributed by atoms with E-state index in [1.54, 1.807) is 61.9 Å². The third kappa shape index (κ3) is 6.48. The summed E-state index contributed by atoms with van der Waals surface area (Å²) in [6.07, 6.45) is 1.57. The van der Waals surface area contributed by atoms with Gasteiger partial charge in [0.2, 0.25) is 0 Å². The van der Waals surface area contributed by atoms with Crippen LogP contribution in [0.1, 0.15) is 5.56 Å². The molecule has 0 aliphatic carbocycles. The van der Waals surface area contributed by atoms with Gasteiger partial charge in [-0.15, -0.1) is 0 Å². The Kier molecular flexibility index (Phi) is 6.73. The second kappa shape index (κ2) is 9.24. The molecule has 0 saturated carbocycles. The third-order valence-electron chi connectivity index (χ3n) is 3.01. The average molecular weight is 358 g/mol. The Morgan fingerprint density at radius 1 is 1.16 bits per heavy atom. The molecule has 0 spiro atoms. The quantitative estimate of drug-likeness (QED) is 0.397. The number of hydrogen-bond acceptors (Lipinski definition) is 5. The van der Waals surface area contributed by atoms with Crippen LogP contribution in [0.3, 0.4) is 0 Å². The first-order chi connectivity index (χ1) is 12.1. The van der Waals surface area contributed by atoms with Crippen molar-refractivity contribution >= 4 is 35.1 Å². The number of benzene rings is 2. The number of nitrogens with one attached hydrogen (secondary N) is 2. The predicted octanol–water partition coefficient (Wildman–Crippen LogP) is 1.88. The van der Waals surface area contributed by atoms with E-state index in [0.29, 0.717) is 11.4 Å². The minimum atomic E-state index is -0.253. The van der Waals surface area contributed by atoms with Gasteiger partial charge in [0, 0.05) is 5.69 Å². The molecule has 0 aliphatic heterocycles. The van der Waals surface area contributed by atoms with Gasteiger partial charge in [-0.2, -0.15) is 5.10 Å². The number of nitrogens with zero attached hydrogens (tertiary/aromatic N) is 1. The van der Waals surface area contributed by atoms with Gasteiger partial charge in [-0.05, 0) is 66.3 Å². The molecule has 130 valence electrons. The highest BCUT2D eigenvalue weighted by molar-refractivity contribution is 7.80. The molecule has 0 heterocycles. The zero-order chi connectivity index (χ0) is 18.1. The predicted molar refractivity (Wildman–Crippen MR) is 101 cm³/mol. The molecule has 25 heavy (non-hydrogen) atoms. The maximum atomic E-state index is 11.9. The van der Waals surface area contributed by atoms with E-state index in [1.165, 1.54) is 0 Å². The second-order valence-corrected chi connectivity index (χ2v) is 5.31. The van der Waals surface area contributed by atoms with Crippen LogP contribution in [0.25, 0.3) is 0 Å². The van der Waals surface area contributed by atoms with Gasteiger partial charge >= 0.3 is 0 Å². The number of rotatable bonds is 7. The second-order valence-electron chi connectivity index (χ2n) is 4.87. The molecule has 0 aliphatic rings. The summed E-state index contributed by atoms with van der Waals surface area (Å²) < 4.78 is 10.5. The zero-order valence-corrected chi connectivity index (χ0v) is 14.4. The number of carbonyl (C=O) groups excluding carboxylic acids is 1. The molecular weight excluding hydrogens is 340 g/mol. The van der Waals surface area contributed by atoms with Crippen LogP contribution in [0.15, 0.2) is 53.6 Å². The molecule has 0 radical (unpaired) electrons. The molecular formula is C17H18N4O3S. The lowest BCUT2D eigenvalue weighted by Gasteiger charge is -2.08. The number of methoxy groups -OCH3 is 1. The number of amides is 1. The highest BCUT2D eigenvalue weighted by Gasteiger charge is 2.04. The zero-order valence-electron chi connectivity index (χ0n) is 13.6. The molecule has 0 unspecified atom stereocenters. The topological polar surface area (TPSA) is 98.0 Å². The summed E-state index contributed by atoms with van der Waals surface area (Å²) in [5.74, 6) is 1.04. The van der Waals surface area contributed by atoms with Gasteiger partial charge in [0.1, 0.15) is 11.5 Å². The fourth-order valence-electron chi connectivity index (χ4n) is 1.84. The van der Waals surface area contributed by atoms with Gasteiger partial charge in [-0.3, -0.25) is 10.2 Å². The Morgan fingerprint density at radius 3 is 2.40 bits per heavy atom. The Hall–Kier alpha value is -3.13. The number of hydrogen-bond donors (Lipinski definition) is 3. The molecule has 0 saturated heterocycles. The normalized spacial score (nSPS) is 10.3. The molecule has 0 fully saturated rings. The first kappa shape index (κ1) is 18.2. The first-order valence-electron chi connectivity index (χ1n) is 7.32. The largest absolute Gasteiger partial charge is 0.497 e. The van der Waals surface area contributed by atoms with Crippen molar-refractivity contribution in [2.24, 2.45) is 10.8 Å². The summed E-state index contributed by atoms with van der Waals surface area (Å²) >= 11 is 4.64. The average Bonchev–Trinajstić information content (AvgIpc) is 2.61. The van der Waals surface area contributed by atoms with Gasteiger partial charge in [0.15, 0.2) is 11.7 Å². The monoisotopic (exact) mass is 358 g/mol. The van der Waals surface area contributed by atoms with Crippen molar-refractivity contribution in [1.29, 1.82) is 0 Å². The molecule has 2 rings (SSSR count). The van der Waals surface area contributed by atoms with Gasteiger partial charge in [-0.1, -0.05) is 0 Å². The Balaban J connectivity index is 1.80. The number of ether oxygens (including phenoxy) is 2. The van der Waals surface area contributed by atoms with Crippen LogP contribution in [0, 0.1) is 0 Å². The van der Waals surface area contributed by atoms with Crippen LogP contribution in [-0.4, -0.2) is 31.0 Å². The van der Waals surface area contributed by atoms with Crippen molar-refractivity contribution in [3.05, 3.63) is 54.1 Å². The van der Waals surface area contributed by atoms with E-state index >= 15 is 0 Å². The Morgan fingerprint density at radius 2 is 1.80 bits per heavy atom. The van der Waals surface area contributed by atoms with E-state index < -0.39 is 0 Å². The highest BCUT2D eigenvalue weighted by Crippen LogP contribution is 2.15. The summed E-state index contributed by atoms with van der Waals surface area (Å²) in [6, 6.07) is 14.1. The van der Waals surface area contributed by atoms with Crippen molar-refractivity contribution in [3.8, 4) is 11.5 Å². The van der Waals surface area contributed by atoms with Gasteiger partial charge in [0.25, 0.3) is 5.91 Å². The fourth-order valence-corrected chi connectivity index (χ4v) is 1.89. The Bertz CT molecular complexity index is 745. The van der Waals surface area contributed by atoms with E-state index in [4.69, 9.17) is 15.2 Å². The standard InChI is InChI=1S/C17H18N4O3S/c1-23-14-8-4-13(5-9-14)20-16(22)11-24-15-6-2-12(3-7-15)10-19-21-17(18)25/h2-10H,11H2,1H3,(H,20,22)(H3,18,21,25)/b19-10-. The molecule has 4 N–H and O–H groups in total. The van der Waals surface area contributed by atoms with Gasteiger partial charge in [-0.25, -0.2) is 0 Å². The maximum absolute atomic E-state index is 11.9. The molecule has 1 amide bonds. The van der Waals surface area contributed by atoms with Gasteiger partial charge < -0.3 is 20.5 Å². The van der Waals surface area contributed by atoms with E-state index in [2.05, 4.69) is 28.1 Å². The lowest BCUT2D eigenvalue weighted by molar-refractivity contribution is -0.118. The number of carbonyl (C=O) groups is 1. The van der Waals surface area contributed by atoms with Gasteiger partial charge in [0.05, 0.1) is 13.3 Å². The Labute approximate surface area is 150 Å². The number of thiocarbonyl (C=S) groups is 1. The van der Waals surface area contributed by atoms with Crippen LogP contribution in [0.4, 0.5) is 5.69 Å². The smallest absolute Gasteiger partial charge is 0.262 e. The van der Waals surface area contributed by atoms with E-state index in [0.717, 1.165) is 11.3 Å². The van der Waals surface area contributed by atoms with Crippen molar-refractivity contribution < 1.29 is 14.3 Å². The third-order valence-corrected chi connectivity index (χ3v) is 3.10.